The Morgan fingerprint density at radius 2 is 1.65 bits per heavy atom. The first-order valence-electron chi connectivity index (χ1n) is 12.1. The standard InChI is InChI=1S/C29H25ClN4O2S/c1-19-16-21(20(2)33(19)24-12-10-22(30)11-13-24)17-26-28(36)34(23-8-4-3-5-9-23)29(37-26)25(18-31)27(35)32-14-6-7-15-32/h3-5,8-13,16-17H,6-7,14-15H2,1-2H3/b26-17+,29-25+. The number of hydrogen-bond donors (Lipinski definition) is 0. The van der Waals surface area contributed by atoms with E-state index >= 15 is 0 Å². The van der Waals surface area contributed by atoms with Crippen LogP contribution >= 0.6 is 22.9 Å². The maximum atomic E-state index is 13.7. The molecule has 0 unspecified atom stereocenters. The molecule has 0 bridgehead atoms. The molecule has 2 aromatic heterocycles. The molecule has 0 radical (unpaired) electrons. The first kappa shape index (κ1) is 24.8. The molecule has 5 rings (SSSR count). The van der Waals surface area contributed by atoms with Crippen molar-refractivity contribution in [3.8, 4) is 17.4 Å². The van der Waals surface area contributed by atoms with Crippen LogP contribution in [0.2, 0.25) is 5.02 Å². The molecule has 1 aliphatic heterocycles. The summed E-state index contributed by atoms with van der Waals surface area (Å²) in [6, 6.07) is 20.9. The van der Waals surface area contributed by atoms with Gasteiger partial charge in [-0.3, -0.25) is 14.2 Å². The Kier molecular flexibility index (Phi) is 6.88. The number of thiazole rings is 1. The largest absolute Gasteiger partial charge is 0.338 e. The van der Waals surface area contributed by atoms with Crippen LogP contribution in [0, 0.1) is 25.2 Å². The zero-order chi connectivity index (χ0) is 26.1. The number of para-hydroxylation sites is 1. The Balaban J connectivity index is 1.74. The first-order chi connectivity index (χ1) is 17.9. The summed E-state index contributed by atoms with van der Waals surface area (Å²) in [4.78, 5) is 28.7. The lowest BCUT2D eigenvalue weighted by Crippen LogP contribution is -2.35. The maximum absolute atomic E-state index is 13.7. The lowest BCUT2D eigenvalue weighted by Gasteiger charge is -2.14. The van der Waals surface area contributed by atoms with E-state index in [1.165, 1.54) is 15.9 Å². The molecule has 6 nitrogen and oxygen atoms in total. The normalized spacial score (nSPS) is 14.6. The van der Waals surface area contributed by atoms with Crippen molar-refractivity contribution >= 4 is 40.5 Å². The van der Waals surface area contributed by atoms with Gasteiger partial charge >= 0.3 is 0 Å². The van der Waals surface area contributed by atoms with Crippen molar-refractivity contribution in [2.45, 2.75) is 26.7 Å². The molecule has 0 N–H and O–H groups in total. The molecule has 1 aliphatic rings. The number of nitrogens with zero attached hydrogens (tertiary/aromatic N) is 4. The molecule has 1 fully saturated rings. The van der Waals surface area contributed by atoms with Crippen molar-refractivity contribution in [1.29, 1.82) is 5.26 Å². The molecule has 2 aromatic carbocycles. The summed E-state index contributed by atoms with van der Waals surface area (Å²) < 4.78 is 4.41. The van der Waals surface area contributed by atoms with Gasteiger partial charge in [0.1, 0.15) is 10.7 Å². The lowest BCUT2D eigenvalue weighted by molar-refractivity contribution is -0.123. The van der Waals surface area contributed by atoms with E-state index in [-0.39, 0.29) is 17.0 Å². The van der Waals surface area contributed by atoms with Crippen molar-refractivity contribution < 1.29 is 4.79 Å². The van der Waals surface area contributed by atoms with E-state index in [0.29, 0.717) is 33.0 Å². The third-order valence-electron chi connectivity index (χ3n) is 6.61. The highest BCUT2D eigenvalue weighted by Gasteiger charge is 2.24. The number of aryl methyl sites for hydroxylation is 1. The fraction of sp³-hybridized carbons (Fsp3) is 0.207. The van der Waals surface area contributed by atoms with Gasteiger partial charge in [0.15, 0.2) is 5.57 Å². The van der Waals surface area contributed by atoms with Gasteiger partial charge in [-0.25, -0.2) is 0 Å². The van der Waals surface area contributed by atoms with Crippen molar-refractivity contribution in [3.63, 3.8) is 0 Å². The van der Waals surface area contributed by atoms with Gasteiger partial charge in [0.25, 0.3) is 11.5 Å². The summed E-state index contributed by atoms with van der Waals surface area (Å²) >= 11 is 7.25. The molecule has 186 valence electrons. The number of amides is 1. The number of carbonyl (C=O) groups is 1. The summed E-state index contributed by atoms with van der Waals surface area (Å²) in [5.41, 5.74) is 4.21. The molecule has 37 heavy (non-hydrogen) atoms. The van der Waals surface area contributed by atoms with Gasteiger partial charge in [0, 0.05) is 35.2 Å². The van der Waals surface area contributed by atoms with Crippen LogP contribution in [0.3, 0.4) is 0 Å². The van der Waals surface area contributed by atoms with Crippen molar-refractivity contribution in [3.05, 3.63) is 102 Å². The summed E-state index contributed by atoms with van der Waals surface area (Å²) in [5.74, 6) is -0.321. The predicted molar refractivity (Wildman–Crippen MR) is 148 cm³/mol. The summed E-state index contributed by atoms with van der Waals surface area (Å²) in [5, 5.41) is 10.7. The van der Waals surface area contributed by atoms with Gasteiger partial charge in [-0.2, -0.15) is 5.26 Å². The Bertz CT molecular complexity index is 1700. The van der Waals surface area contributed by atoms with Gasteiger partial charge in [-0.1, -0.05) is 29.8 Å². The number of rotatable bonds is 4. The van der Waals surface area contributed by atoms with E-state index in [1.807, 2.05) is 80.6 Å². The highest BCUT2D eigenvalue weighted by Crippen LogP contribution is 2.22. The number of likely N-dealkylation sites (tertiary alicyclic amines) is 1. The molecule has 4 aromatic rings. The number of aromatic nitrogens is 2. The molecule has 0 spiro atoms. The molecule has 0 aliphatic carbocycles. The monoisotopic (exact) mass is 528 g/mol. The SMILES string of the molecule is Cc1cc(/C=c2/s/c(=C(\C#N)C(=O)N3CCCC3)n(-c3ccccc3)c2=O)c(C)n1-c1ccc(Cl)cc1. The van der Waals surface area contributed by atoms with E-state index in [1.54, 1.807) is 4.90 Å². The molecular weight excluding hydrogens is 504 g/mol. The fourth-order valence-corrected chi connectivity index (χ4v) is 6.00. The van der Waals surface area contributed by atoms with Crippen LogP contribution in [0.15, 0.2) is 65.5 Å². The Labute approximate surface area is 223 Å². The minimum atomic E-state index is -0.321. The second kappa shape index (κ2) is 10.3. The minimum Gasteiger partial charge on any atom is -0.338 e. The third kappa shape index (κ3) is 4.66. The van der Waals surface area contributed by atoms with Gasteiger partial charge in [-0.05, 0) is 80.8 Å². The van der Waals surface area contributed by atoms with Gasteiger partial charge < -0.3 is 9.47 Å². The Morgan fingerprint density at radius 1 is 1.00 bits per heavy atom. The van der Waals surface area contributed by atoms with Crippen LogP contribution < -0.4 is 14.8 Å². The van der Waals surface area contributed by atoms with Gasteiger partial charge in [-0.15, -0.1) is 11.3 Å². The second-order valence-corrected chi connectivity index (χ2v) is 10.5. The van der Waals surface area contributed by atoms with E-state index < -0.39 is 0 Å². The number of nitriles is 1. The Hall–Kier alpha value is -3.86. The van der Waals surface area contributed by atoms with Crippen LogP contribution in [-0.4, -0.2) is 33.0 Å². The molecule has 0 saturated carbocycles. The fourth-order valence-electron chi connectivity index (χ4n) is 4.79. The zero-order valence-electron chi connectivity index (χ0n) is 20.6. The zero-order valence-corrected chi connectivity index (χ0v) is 22.1. The molecular formula is C29H25ClN4O2S. The topological polar surface area (TPSA) is 71.0 Å². The first-order valence-corrected chi connectivity index (χ1v) is 13.3. The summed E-state index contributed by atoms with van der Waals surface area (Å²) in [6.45, 7) is 5.26. The van der Waals surface area contributed by atoms with Gasteiger partial charge in [0.2, 0.25) is 0 Å². The predicted octanol–water partition coefficient (Wildman–Crippen LogP) is 4.09. The lowest BCUT2D eigenvalue weighted by atomic mass is 10.2. The molecule has 3 heterocycles. The van der Waals surface area contributed by atoms with Crippen LogP contribution in [0.4, 0.5) is 0 Å². The maximum Gasteiger partial charge on any atom is 0.273 e. The van der Waals surface area contributed by atoms with E-state index in [9.17, 15) is 14.9 Å². The van der Waals surface area contributed by atoms with Crippen LogP contribution in [0.5, 0.6) is 0 Å². The van der Waals surface area contributed by atoms with Crippen LogP contribution in [0.25, 0.3) is 23.0 Å². The van der Waals surface area contributed by atoms with Crippen molar-refractivity contribution in [2.24, 2.45) is 0 Å². The number of carbonyl (C=O) groups excluding carboxylic acids is 1. The highest BCUT2D eigenvalue weighted by atomic mass is 35.5. The average Bonchev–Trinajstić information content (AvgIpc) is 3.61. The number of benzene rings is 2. The quantitative estimate of drug-likeness (QED) is 0.400. The minimum absolute atomic E-state index is 0.000796. The van der Waals surface area contributed by atoms with E-state index in [4.69, 9.17) is 11.6 Å². The average molecular weight is 529 g/mol. The second-order valence-electron chi connectivity index (χ2n) is 9.02. The summed E-state index contributed by atoms with van der Waals surface area (Å²) in [7, 11) is 0. The Morgan fingerprint density at radius 3 is 2.30 bits per heavy atom. The van der Waals surface area contributed by atoms with Crippen molar-refractivity contribution in [2.75, 3.05) is 13.1 Å². The van der Waals surface area contributed by atoms with Gasteiger partial charge in [0.05, 0.1) is 10.2 Å². The molecule has 1 saturated heterocycles. The van der Waals surface area contributed by atoms with E-state index in [2.05, 4.69) is 10.6 Å². The summed E-state index contributed by atoms with van der Waals surface area (Å²) in [6.07, 6.45) is 3.69. The third-order valence-corrected chi connectivity index (χ3v) is 7.96. The van der Waals surface area contributed by atoms with Crippen LogP contribution in [-0.2, 0) is 4.79 Å². The highest BCUT2D eigenvalue weighted by molar-refractivity contribution is 7.07. The van der Waals surface area contributed by atoms with Crippen LogP contribution in [0.1, 0.15) is 29.8 Å². The van der Waals surface area contributed by atoms with E-state index in [0.717, 1.165) is 35.5 Å². The van der Waals surface area contributed by atoms with Crippen molar-refractivity contribution in [1.82, 2.24) is 14.0 Å². The smallest absolute Gasteiger partial charge is 0.273 e. The number of halogens is 1. The molecule has 8 heteroatoms. The number of hydrogen-bond acceptors (Lipinski definition) is 4. The molecule has 0 atom stereocenters. The molecule has 1 amide bonds.